The van der Waals surface area contributed by atoms with E-state index < -0.39 is 28.5 Å². The van der Waals surface area contributed by atoms with E-state index in [1.807, 2.05) is 0 Å². The van der Waals surface area contributed by atoms with Gasteiger partial charge in [0.2, 0.25) is 0 Å². The first kappa shape index (κ1) is 16.0. The molecule has 4 rings (SSSR count). The van der Waals surface area contributed by atoms with E-state index in [9.17, 15) is 13.2 Å². The van der Waals surface area contributed by atoms with Crippen LogP contribution in [0.15, 0.2) is 30.6 Å². The Morgan fingerprint density at radius 1 is 1.40 bits per heavy atom. The molecule has 132 valence electrons. The maximum absolute atomic E-state index is 12.4. The number of amides is 2. The molecule has 2 aliphatic rings. The van der Waals surface area contributed by atoms with Crippen molar-refractivity contribution < 1.29 is 22.0 Å². The largest absolute Gasteiger partial charge is 0.418 e. The molecule has 0 spiro atoms. The molecule has 2 atom stereocenters. The van der Waals surface area contributed by atoms with Crippen molar-refractivity contribution in [2.75, 3.05) is 13.1 Å². The first-order chi connectivity index (χ1) is 11.9. The molecule has 1 saturated heterocycles. The molecule has 2 aromatic rings. The predicted molar refractivity (Wildman–Crippen MR) is 82.5 cm³/mol. The number of fused-ring (bicyclic) bond motifs is 4. The molecule has 11 nitrogen and oxygen atoms in total. The number of rotatable bonds is 4. The van der Waals surface area contributed by atoms with Crippen molar-refractivity contribution in [3.8, 4) is 5.82 Å². The predicted octanol–water partition coefficient (Wildman–Crippen LogP) is -0.206. The van der Waals surface area contributed by atoms with Crippen LogP contribution in [0.4, 0.5) is 4.79 Å². The van der Waals surface area contributed by atoms with Gasteiger partial charge in [0.15, 0.2) is 5.82 Å². The summed E-state index contributed by atoms with van der Waals surface area (Å²) < 4.78 is 37.1. The summed E-state index contributed by atoms with van der Waals surface area (Å²) in [7, 11) is -4.84. The third-order valence-corrected chi connectivity index (χ3v) is 4.54. The molecule has 25 heavy (non-hydrogen) atoms. The van der Waals surface area contributed by atoms with E-state index in [-0.39, 0.29) is 13.1 Å². The van der Waals surface area contributed by atoms with Crippen LogP contribution < -0.4 is 5.73 Å². The smallest absolute Gasteiger partial charge is 0.328 e. The SMILES string of the molecule is NCC1c2nn(-c3ccccn3)cc2C2CN1C(=O)N2OS(=O)(=O)O. The Kier molecular flexibility index (Phi) is 3.50. The standard InChI is InChI=1S/C13H14N6O5S/c14-5-9-12-8(6-18(16-12)11-3-1-2-4-15-11)10-7-17(9)13(20)19(10)24-25(21,22)23/h1-4,6,9-10H,5,7,14H2,(H,21,22,23). The zero-order valence-electron chi connectivity index (χ0n) is 12.8. The molecule has 2 bridgehead atoms. The summed E-state index contributed by atoms with van der Waals surface area (Å²) in [6, 6.07) is 3.37. The quantitative estimate of drug-likeness (QED) is 0.708. The Morgan fingerprint density at radius 3 is 2.84 bits per heavy atom. The van der Waals surface area contributed by atoms with E-state index in [2.05, 4.69) is 14.4 Å². The molecule has 3 N–H and O–H groups in total. The molecule has 12 heteroatoms. The fraction of sp³-hybridized carbons (Fsp3) is 0.308. The lowest BCUT2D eigenvalue weighted by Crippen LogP contribution is -2.38. The fourth-order valence-corrected chi connectivity index (χ4v) is 3.55. The highest BCUT2D eigenvalue weighted by Gasteiger charge is 2.51. The number of nitrogens with zero attached hydrogens (tertiary/aromatic N) is 5. The molecule has 0 radical (unpaired) electrons. The maximum atomic E-state index is 12.4. The molecule has 2 amide bonds. The van der Waals surface area contributed by atoms with E-state index in [0.29, 0.717) is 22.1 Å². The molecular weight excluding hydrogens is 352 g/mol. The van der Waals surface area contributed by atoms with Gasteiger partial charge in [-0.3, -0.25) is 4.55 Å². The van der Waals surface area contributed by atoms with Gasteiger partial charge < -0.3 is 10.6 Å². The molecular formula is C13H14N6O5S. The van der Waals surface area contributed by atoms with Crippen molar-refractivity contribution in [1.82, 2.24) is 24.7 Å². The lowest BCUT2D eigenvalue weighted by molar-refractivity contribution is -0.0317. The van der Waals surface area contributed by atoms with Crippen molar-refractivity contribution in [1.29, 1.82) is 0 Å². The highest BCUT2D eigenvalue weighted by Crippen LogP contribution is 2.43. The number of hydroxylamine groups is 2. The number of carbonyl (C=O) groups is 1. The van der Waals surface area contributed by atoms with Crippen LogP contribution in [0.1, 0.15) is 23.3 Å². The Labute approximate surface area is 142 Å². The number of carbonyl (C=O) groups excluding carboxylic acids is 1. The summed E-state index contributed by atoms with van der Waals surface area (Å²) in [5, 5.41) is 5.10. The summed E-state index contributed by atoms with van der Waals surface area (Å²) in [6.07, 6.45) is 3.27. The van der Waals surface area contributed by atoms with Crippen LogP contribution in [0.3, 0.4) is 0 Å². The van der Waals surface area contributed by atoms with E-state index in [1.54, 1.807) is 30.6 Å². The van der Waals surface area contributed by atoms with Gasteiger partial charge in [-0.2, -0.15) is 18.6 Å². The van der Waals surface area contributed by atoms with E-state index >= 15 is 0 Å². The van der Waals surface area contributed by atoms with Crippen molar-refractivity contribution in [2.24, 2.45) is 5.73 Å². The minimum absolute atomic E-state index is 0.102. The zero-order valence-corrected chi connectivity index (χ0v) is 13.6. The molecule has 0 saturated carbocycles. The minimum atomic E-state index is -4.84. The number of hydrogen-bond donors (Lipinski definition) is 2. The highest BCUT2D eigenvalue weighted by molar-refractivity contribution is 7.80. The average Bonchev–Trinajstić information content (AvgIpc) is 3.12. The first-order valence-electron chi connectivity index (χ1n) is 7.37. The number of urea groups is 1. The molecule has 0 aliphatic carbocycles. The average molecular weight is 366 g/mol. The van der Waals surface area contributed by atoms with Gasteiger partial charge in [0.25, 0.3) is 0 Å². The Bertz CT molecular complexity index is 930. The third-order valence-electron chi connectivity index (χ3n) is 4.19. The zero-order chi connectivity index (χ0) is 17.8. The Balaban J connectivity index is 1.80. The van der Waals surface area contributed by atoms with Crippen LogP contribution in [0, 0.1) is 0 Å². The van der Waals surface area contributed by atoms with Crippen LogP contribution in [0.25, 0.3) is 5.82 Å². The molecule has 2 aromatic heterocycles. The second kappa shape index (κ2) is 5.49. The van der Waals surface area contributed by atoms with E-state index in [0.717, 1.165) is 0 Å². The van der Waals surface area contributed by atoms with Gasteiger partial charge in [0, 0.05) is 24.5 Å². The summed E-state index contributed by atoms with van der Waals surface area (Å²) in [5.74, 6) is 0.562. The first-order valence-corrected chi connectivity index (χ1v) is 8.73. The van der Waals surface area contributed by atoms with Gasteiger partial charge in [-0.15, -0.1) is 4.28 Å². The van der Waals surface area contributed by atoms with Crippen molar-refractivity contribution >= 4 is 16.4 Å². The van der Waals surface area contributed by atoms with Crippen LogP contribution in [-0.2, 0) is 14.7 Å². The van der Waals surface area contributed by atoms with Gasteiger partial charge in [0.1, 0.15) is 6.04 Å². The van der Waals surface area contributed by atoms with Crippen molar-refractivity contribution in [3.63, 3.8) is 0 Å². The third kappa shape index (κ3) is 2.55. The number of nitrogens with two attached hydrogens (primary N) is 1. The van der Waals surface area contributed by atoms with Gasteiger partial charge in [-0.05, 0) is 12.1 Å². The molecule has 0 aromatic carbocycles. The van der Waals surface area contributed by atoms with Gasteiger partial charge >= 0.3 is 16.4 Å². The van der Waals surface area contributed by atoms with Crippen LogP contribution in [0.2, 0.25) is 0 Å². The molecule has 4 heterocycles. The number of aromatic nitrogens is 3. The van der Waals surface area contributed by atoms with Gasteiger partial charge in [-0.1, -0.05) is 6.07 Å². The summed E-state index contributed by atoms with van der Waals surface area (Å²) in [4.78, 5) is 18.0. The molecule has 1 fully saturated rings. The van der Waals surface area contributed by atoms with Crippen molar-refractivity contribution in [3.05, 3.63) is 41.9 Å². The number of pyridine rings is 1. The molecule has 2 aliphatic heterocycles. The van der Waals surface area contributed by atoms with E-state index in [1.165, 1.54) is 9.58 Å². The van der Waals surface area contributed by atoms with Gasteiger partial charge in [-0.25, -0.2) is 14.5 Å². The Morgan fingerprint density at radius 2 is 2.20 bits per heavy atom. The second-order valence-corrected chi connectivity index (χ2v) is 6.64. The van der Waals surface area contributed by atoms with Crippen LogP contribution in [-0.4, -0.2) is 56.8 Å². The summed E-state index contributed by atoms with van der Waals surface area (Å²) in [6.45, 7) is 0.279. The van der Waals surface area contributed by atoms with Crippen LogP contribution >= 0.6 is 0 Å². The van der Waals surface area contributed by atoms with Crippen LogP contribution in [0.5, 0.6) is 0 Å². The second-order valence-electron chi connectivity index (χ2n) is 5.63. The van der Waals surface area contributed by atoms with Crippen molar-refractivity contribution in [2.45, 2.75) is 12.1 Å². The van der Waals surface area contributed by atoms with Gasteiger partial charge in [0.05, 0.1) is 18.3 Å². The monoisotopic (exact) mass is 366 g/mol. The lowest BCUT2D eigenvalue weighted by atomic mass is 9.98. The normalized spacial score (nSPS) is 22.4. The minimum Gasteiger partial charge on any atom is -0.328 e. The van der Waals surface area contributed by atoms with E-state index in [4.69, 9.17) is 10.3 Å². The maximum Gasteiger partial charge on any atom is 0.418 e. The summed E-state index contributed by atoms with van der Waals surface area (Å²) in [5.41, 5.74) is 6.93. The summed E-state index contributed by atoms with van der Waals surface area (Å²) >= 11 is 0. The Hall–Kier alpha value is -2.54. The lowest BCUT2D eigenvalue weighted by Gasteiger charge is -2.28. The number of hydrogen-bond acceptors (Lipinski definition) is 7. The topological polar surface area (TPSA) is 144 Å². The fourth-order valence-electron chi connectivity index (χ4n) is 3.18. The molecule has 2 unspecified atom stereocenters. The highest BCUT2D eigenvalue weighted by atomic mass is 32.3.